The number of primary amides is 1. The minimum atomic E-state index is -4.77. The van der Waals surface area contributed by atoms with Crippen molar-refractivity contribution in [1.29, 1.82) is 0 Å². The first-order valence-electron chi connectivity index (χ1n) is 10.1. The van der Waals surface area contributed by atoms with Crippen LogP contribution in [0, 0.1) is 17.6 Å². The molecule has 7 nitrogen and oxygen atoms in total. The molecule has 4 atom stereocenters. The quantitative estimate of drug-likeness (QED) is 0.631. The van der Waals surface area contributed by atoms with Crippen LogP contribution in [-0.4, -0.2) is 53.6 Å². The maximum absolute atomic E-state index is 14.5. The number of likely N-dealkylation sites (N-methyl/N-ethyl adjacent to an activating group) is 1. The predicted octanol–water partition coefficient (Wildman–Crippen LogP) is 3.46. The number of amides is 2. The lowest BCUT2D eigenvalue weighted by molar-refractivity contribution is -0.227. The van der Waals surface area contributed by atoms with Gasteiger partial charge >= 0.3 is 6.18 Å². The molecule has 1 aliphatic heterocycles. The van der Waals surface area contributed by atoms with E-state index in [4.69, 9.17) is 10.5 Å². The van der Waals surface area contributed by atoms with Gasteiger partial charge in [0, 0.05) is 23.4 Å². The van der Waals surface area contributed by atoms with Crippen molar-refractivity contribution in [1.82, 2.24) is 9.88 Å². The second-order valence-electron chi connectivity index (χ2n) is 8.28. The molecule has 12 heteroatoms. The first-order valence-corrected chi connectivity index (χ1v) is 10.1. The van der Waals surface area contributed by atoms with Crippen molar-refractivity contribution in [2.45, 2.75) is 37.5 Å². The fourth-order valence-corrected chi connectivity index (χ4v) is 4.59. The van der Waals surface area contributed by atoms with E-state index in [9.17, 15) is 31.5 Å². The summed E-state index contributed by atoms with van der Waals surface area (Å²) in [7, 11) is 2.20. The highest BCUT2D eigenvalue weighted by molar-refractivity contribution is 5.98. The molecular weight excluding hydrogens is 463 g/mol. The molecule has 0 saturated carbocycles. The highest BCUT2D eigenvalue weighted by atomic mass is 19.4. The molecule has 1 fully saturated rings. The number of likely N-dealkylation sites (tertiary alicyclic amines) is 1. The van der Waals surface area contributed by atoms with Gasteiger partial charge < -0.3 is 15.8 Å². The zero-order valence-corrected chi connectivity index (χ0v) is 18.7. The minimum Gasteiger partial charge on any atom is -0.493 e. The number of alkyl halides is 3. The SMILES string of the molecule is COc1c([C@H]2[C@H](C(=O)Nc3ccnc(C(N)=O)c3)N(C)[C@@](C)(C(F)(F)F)[C@H]2C)ccc(F)c1F. The highest BCUT2D eigenvalue weighted by Gasteiger charge is 2.67. The first-order chi connectivity index (χ1) is 15.8. The molecule has 0 unspecified atom stereocenters. The van der Waals surface area contributed by atoms with Gasteiger partial charge in [-0.25, -0.2) is 4.39 Å². The van der Waals surface area contributed by atoms with Gasteiger partial charge in [-0.1, -0.05) is 13.0 Å². The molecule has 1 aromatic carbocycles. The van der Waals surface area contributed by atoms with Crippen molar-refractivity contribution in [3.8, 4) is 5.75 Å². The fourth-order valence-electron chi connectivity index (χ4n) is 4.59. The third-order valence-electron chi connectivity index (χ3n) is 6.68. The number of ether oxygens (including phenoxy) is 1. The van der Waals surface area contributed by atoms with E-state index in [1.807, 2.05) is 0 Å². The number of carbonyl (C=O) groups is 2. The fraction of sp³-hybridized carbons (Fsp3) is 0.409. The molecule has 2 aromatic rings. The zero-order chi connectivity index (χ0) is 25.6. The van der Waals surface area contributed by atoms with E-state index in [1.54, 1.807) is 0 Å². The molecule has 1 aliphatic rings. The van der Waals surface area contributed by atoms with E-state index in [0.717, 1.165) is 38.1 Å². The van der Waals surface area contributed by atoms with Crippen molar-refractivity contribution >= 4 is 17.5 Å². The van der Waals surface area contributed by atoms with E-state index in [2.05, 4.69) is 10.3 Å². The second-order valence-corrected chi connectivity index (χ2v) is 8.28. The van der Waals surface area contributed by atoms with Gasteiger partial charge in [0.05, 0.1) is 13.2 Å². The molecule has 1 saturated heterocycles. The molecule has 3 rings (SSSR count). The summed E-state index contributed by atoms with van der Waals surface area (Å²) in [5, 5.41) is 2.48. The Balaban J connectivity index is 2.14. The highest BCUT2D eigenvalue weighted by Crippen LogP contribution is 2.55. The molecule has 0 aliphatic carbocycles. The topological polar surface area (TPSA) is 97.5 Å². The van der Waals surface area contributed by atoms with E-state index >= 15 is 0 Å². The number of nitrogens with zero attached hydrogens (tertiary/aromatic N) is 2. The summed E-state index contributed by atoms with van der Waals surface area (Å²) in [5.41, 5.74) is 2.53. The van der Waals surface area contributed by atoms with Gasteiger partial charge in [0.1, 0.15) is 11.2 Å². The number of hydrogen-bond donors (Lipinski definition) is 2. The van der Waals surface area contributed by atoms with Crippen LogP contribution in [0.25, 0.3) is 0 Å². The van der Waals surface area contributed by atoms with Crippen molar-refractivity contribution in [3.05, 3.63) is 53.4 Å². The van der Waals surface area contributed by atoms with E-state index in [1.165, 1.54) is 25.3 Å². The second kappa shape index (κ2) is 8.82. The van der Waals surface area contributed by atoms with Crippen LogP contribution in [0.5, 0.6) is 5.75 Å². The number of carbonyl (C=O) groups excluding carboxylic acids is 2. The predicted molar refractivity (Wildman–Crippen MR) is 112 cm³/mol. The Kier molecular flexibility index (Phi) is 6.57. The average molecular weight is 486 g/mol. The number of benzene rings is 1. The molecule has 1 aromatic heterocycles. The number of nitrogens with one attached hydrogen (secondary N) is 1. The summed E-state index contributed by atoms with van der Waals surface area (Å²) in [6.45, 7) is 2.24. The van der Waals surface area contributed by atoms with Crippen LogP contribution in [0.4, 0.5) is 27.6 Å². The smallest absolute Gasteiger partial charge is 0.406 e. The summed E-state index contributed by atoms with van der Waals surface area (Å²) in [6.07, 6.45) is -3.57. The van der Waals surface area contributed by atoms with Crippen LogP contribution in [-0.2, 0) is 4.79 Å². The lowest BCUT2D eigenvalue weighted by Crippen LogP contribution is -2.57. The maximum Gasteiger partial charge on any atom is 0.406 e. The number of aromatic nitrogens is 1. The van der Waals surface area contributed by atoms with Gasteiger partial charge in [-0.2, -0.15) is 17.6 Å². The van der Waals surface area contributed by atoms with Gasteiger partial charge in [-0.05, 0) is 38.1 Å². The van der Waals surface area contributed by atoms with Gasteiger partial charge in [0.15, 0.2) is 11.6 Å². The van der Waals surface area contributed by atoms with Crippen molar-refractivity contribution < 1.29 is 36.3 Å². The lowest BCUT2D eigenvalue weighted by atomic mass is 9.76. The Hall–Kier alpha value is -3.28. The maximum atomic E-state index is 14.5. The number of hydrogen-bond acceptors (Lipinski definition) is 5. The molecule has 0 radical (unpaired) electrons. The van der Waals surface area contributed by atoms with Crippen LogP contribution in [0.3, 0.4) is 0 Å². The zero-order valence-electron chi connectivity index (χ0n) is 18.7. The molecular formula is C22H23F5N4O3. The van der Waals surface area contributed by atoms with Crippen molar-refractivity contribution in [3.63, 3.8) is 0 Å². The number of pyridine rings is 1. The van der Waals surface area contributed by atoms with Crippen LogP contribution in [0.1, 0.15) is 35.8 Å². The summed E-state index contributed by atoms with van der Waals surface area (Å²) in [6, 6.07) is 2.94. The first kappa shape index (κ1) is 25.3. The summed E-state index contributed by atoms with van der Waals surface area (Å²) in [5.74, 6) is -7.42. The van der Waals surface area contributed by atoms with Crippen LogP contribution >= 0.6 is 0 Å². The largest absolute Gasteiger partial charge is 0.493 e. The van der Waals surface area contributed by atoms with Crippen molar-refractivity contribution in [2.24, 2.45) is 11.7 Å². The number of methoxy groups -OCH3 is 1. The number of nitrogens with two attached hydrogens (primary N) is 1. The lowest BCUT2D eigenvalue weighted by Gasteiger charge is -2.38. The minimum absolute atomic E-state index is 0.0754. The molecule has 3 N–H and O–H groups in total. The van der Waals surface area contributed by atoms with Gasteiger partial charge in [0.25, 0.3) is 5.91 Å². The van der Waals surface area contributed by atoms with Gasteiger partial charge in [-0.15, -0.1) is 0 Å². The summed E-state index contributed by atoms with van der Waals surface area (Å²) in [4.78, 5) is 29.3. The summed E-state index contributed by atoms with van der Waals surface area (Å²) < 4.78 is 76.1. The molecule has 2 heterocycles. The monoisotopic (exact) mass is 486 g/mol. The molecule has 2 amide bonds. The molecule has 184 valence electrons. The molecule has 0 spiro atoms. The third-order valence-corrected chi connectivity index (χ3v) is 6.68. The average Bonchev–Trinajstić information content (AvgIpc) is 2.97. The van der Waals surface area contributed by atoms with E-state index in [-0.39, 0.29) is 16.9 Å². The van der Waals surface area contributed by atoms with E-state index in [0.29, 0.717) is 0 Å². The Bertz CT molecular complexity index is 1130. The molecule has 0 bridgehead atoms. The van der Waals surface area contributed by atoms with Gasteiger partial charge in [-0.3, -0.25) is 19.5 Å². The van der Waals surface area contributed by atoms with E-state index < -0.39 is 58.8 Å². The Labute approximate surface area is 192 Å². The van der Waals surface area contributed by atoms with Crippen molar-refractivity contribution in [2.75, 3.05) is 19.5 Å². The Morgan fingerprint density at radius 2 is 1.88 bits per heavy atom. The third kappa shape index (κ3) is 3.95. The van der Waals surface area contributed by atoms with Gasteiger partial charge in [0.2, 0.25) is 11.7 Å². The number of rotatable bonds is 5. The standard InChI is InChI=1S/C22H23F5N4O3/c1-10-15(12-5-6-13(23)16(24)18(12)34-4)17(31(3)21(10,2)22(25,26)27)20(33)30-11-7-8-29-14(9-11)19(28)32/h5-10,15,17H,1-4H3,(H2,28,32)(H,29,30,33)/t10-,15-,17+,21+/m0/s1. The summed E-state index contributed by atoms with van der Waals surface area (Å²) >= 11 is 0. The van der Waals surface area contributed by atoms with Crippen LogP contribution in [0.2, 0.25) is 0 Å². The number of anilines is 1. The Morgan fingerprint density at radius 1 is 1.24 bits per heavy atom. The van der Waals surface area contributed by atoms with Crippen LogP contribution in [0.15, 0.2) is 30.5 Å². The normalized spacial score (nSPS) is 25.3. The Morgan fingerprint density at radius 3 is 2.44 bits per heavy atom. The molecule has 34 heavy (non-hydrogen) atoms. The van der Waals surface area contributed by atoms with Crippen LogP contribution < -0.4 is 15.8 Å². The number of halogens is 5.